The molecule has 0 fully saturated rings. The number of halogens is 3. The zero-order chi connectivity index (χ0) is 14.3. The molecule has 0 bridgehead atoms. The first-order valence-corrected chi connectivity index (χ1v) is 7.31. The van der Waals surface area contributed by atoms with Crippen molar-refractivity contribution < 1.29 is 14.2 Å². The van der Waals surface area contributed by atoms with E-state index in [1.54, 1.807) is 18.2 Å². The molecule has 1 heterocycles. The van der Waals surface area contributed by atoms with Gasteiger partial charge in [-0.15, -0.1) is 0 Å². The standard InChI is InChI=1S/C15H11BrClFO2/c16-8-1-4-14-11(5-8)13(19)7-15(20-14)10-3-2-9(17)6-12(10)18/h1-6,13,15,19H,7H2/t13-,15?/m0/s1. The predicted octanol–water partition coefficient (Wildman–Crippen LogP) is 4.80. The first-order valence-electron chi connectivity index (χ1n) is 6.13. The molecule has 1 N–H and O–H groups in total. The van der Waals surface area contributed by atoms with E-state index < -0.39 is 18.0 Å². The van der Waals surface area contributed by atoms with E-state index in [-0.39, 0.29) is 0 Å². The third kappa shape index (κ3) is 2.55. The fourth-order valence-electron chi connectivity index (χ4n) is 2.37. The van der Waals surface area contributed by atoms with Crippen molar-refractivity contribution in [3.63, 3.8) is 0 Å². The highest BCUT2D eigenvalue weighted by Gasteiger charge is 2.29. The lowest BCUT2D eigenvalue weighted by Gasteiger charge is -2.30. The van der Waals surface area contributed by atoms with Gasteiger partial charge in [-0.2, -0.15) is 0 Å². The van der Waals surface area contributed by atoms with Crippen molar-refractivity contribution in [1.29, 1.82) is 0 Å². The Morgan fingerprint density at radius 2 is 2.00 bits per heavy atom. The molecular formula is C15H11BrClFO2. The first kappa shape index (κ1) is 13.9. The van der Waals surface area contributed by atoms with Crippen LogP contribution in [0.3, 0.4) is 0 Å². The van der Waals surface area contributed by atoms with Crippen molar-refractivity contribution in [2.75, 3.05) is 0 Å². The predicted molar refractivity (Wildman–Crippen MR) is 78.5 cm³/mol. The molecule has 104 valence electrons. The second-order valence-corrected chi connectivity index (χ2v) is 6.06. The van der Waals surface area contributed by atoms with Crippen LogP contribution in [0.4, 0.5) is 4.39 Å². The largest absolute Gasteiger partial charge is 0.485 e. The van der Waals surface area contributed by atoms with Gasteiger partial charge in [0.15, 0.2) is 0 Å². The van der Waals surface area contributed by atoms with E-state index in [1.165, 1.54) is 6.07 Å². The monoisotopic (exact) mass is 356 g/mol. The molecule has 2 aromatic carbocycles. The van der Waals surface area contributed by atoms with Gasteiger partial charge in [0.2, 0.25) is 0 Å². The molecular weight excluding hydrogens is 347 g/mol. The number of benzene rings is 2. The molecule has 0 saturated heterocycles. The van der Waals surface area contributed by atoms with Crippen molar-refractivity contribution in [3.05, 3.63) is 62.8 Å². The Balaban J connectivity index is 1.97. The van der Waals surface area contributed by atoms with Crippen molar-refractivity contribution >= 4 is 27.5 Å². The minimum absolute atomic E-state index is 0.308. The van der Waals surface area contributed by atoms with E-state index in [0.29, 0.717) is 28.3 Å². The average molecular weight is 358 g/mol. The van der Waals surface area contributed by atoms with Gasteiger partial charge in [0.1, 0.15) is 17.7 Å². The quantitative estimate of drug-likeness (QED) is 0.794. The second-order valence-electron chi connectivity index (χ2n) is 4.71. The van der Waals surface area contributed by atoms with Crippen LogP contribution < -0.4 is 4.74 Å². The lowest BCUT2D eigenvalue weighted by molar-refractivity contribution is 0.0640. The summed E-state index contributed by atoms with van der Waals surface area (Å²) in [6, 6.07) is 9.87. The van der Waals surface area contributed by atoms with Crippen LogP contribution >= 0.6 is 27.5 Å². The van der Waals surface area contributed by atoms with Crippen LogP contribution in [0.25, 0.3) is 0 Å². The Hall–Kier alpha value is -1.10. The van der Waals surface area contributed by atoms with E-state index >= 15 is 0 Å². The highest BCUT2D eigenvalue weighted by molar-refractivity contribution is 9.10. The third-order valence-electron chi connectivity index (χ3n) is 3.35. The van der Waals surface area contributed by atoms with Gasteiger partial charge in [0.05, 0.1) is 6.10 Å². The van der Waals surface area contributed by atoms with E-state index in [2.05, 4.69) is 15.9 Å². The van der Waals surface area contributed by atoms with Gasteiger partial charge in [0.25, 0.3) is 0 Å². The van der Waals surface area contributed by atoms with Crippen LogP contribution in [0, 0.1) is 5.82 Å². The highest BCUT2D eigenvalue weighted by Crippen LogP contribution is 2.42. The molecule has 2 atom stereocenters. The molecule has 1 aliphatic rings. The summed E-state index contributed by atoms with van der Waals surface area (Å²) in [5.41, 5.74) is 1.12. The summed E-state index contributed by atoms with van der Waals surface area (Å²) < 4.78 is 20.6. The summed E-state index contributed by atoms with van der Waals surface area (Å²) in [4.78, 5) is 0. The van der Waals surface area contributed by atoms with Crippen LogP contribution in [0.5, 0.6) is 5.75 Å². The van der Waals surface area contributed by atoms with Gasteiger partial charge < -0.3 is 9.84 Å². The van der Waals surface area contributed by atoms with Crippen LogP contribution in [0.15, 0.2) is 40.9 Å². The normalized spacial score (nSPS) is 21.2. The highest BCUT2D eigenvalue weighted by atomic mass is 79.9. The number of hydrogen-bond acceptors (Lipinski definition) is 2. The molecule has 0 radical (unpaired) electrons. The number of hydrogen-bond donors (Lipinski definition) is 1. The van der Waals surface area contributed by atoms with Crippen LogP contribution in [-0.2, 0) is 0 Å². The van der Waals surface area contributed by atoms with Gasteiger partial charge in [0, 0.05) is 27.0 Å². The topological polar surface area (TPSA) is 29.5 Å². The van der Waals surface area contributed by atoms with Crippen molar-refractivity contribution in [2.45, 2.75) is 18.6 Å². The summed E-state index contributed by atoms with van der Waals surface area (Å²) in [5, 5.41) is 10.6. The van der Waals surface area contributed by atoms with Crippen LogP contribution in [-0.4, -0.2) is 5.11 Å². The molecule has 5 heteroatoms. The molecule has 2 aromatic rings. The zero-order valence-electron chi connectivity index (χ0n) is 10.3. The van der Waals surface area contributed by atoms with Crippen LogP contribution in [0.2, 0.25) is 5.02 Å². The number of rotatable bonds is 1. The minimum atomic E-state index is -0.684. The maximum atomic E-state index is 13.9. The average Bonchev–Trinajstić information content (AvgIpc) is 2.39. The lowest BCUT2D eigenvalue weighted by Crippen LogP contribution is -2.20. The lowest BCUT2D eigenvalue weighted by atomic mass is 9.95. The van der Waals surface area contributed by atoms with Gasteiger partial charge >= 0.3 is 0 Å². The number of fused-ring (bicyclic) bond motifs is 1. The molecule has 0 aromatic heterocycles. The van der Waals surface area contributed by atoms with Crippen molar-refractivity contribution in [1.82, 2.24) is 0 Å². The van der Waals surface area contributed by atoms with E-state index in [1.807, 2.05) is 12.1 Å². The molecule has 1 aliphatic heterocycles. The molecule has 20 heavy (non-hydrogen) atoms. The van der Waals surface area contributed by atoms with Gasteiger partial charge in [-0.25, -0.2) is 4.39 Å². The molecule has 3 rings (SSSR count). The molecule has 2 nitrogen and oxygen atoms in total. The molecule has 1 unspecified atom stereocenters. The summed E-state index contributed by atoms with van der Waals surface area (Å²) in [5.74, 6) is 0.154. The van der Waals surface area contributed by atoms with Crippen molar-refractivity contribution in [3.8, 4) is 5.75 Å². The number of aliphatic hydroxyl groups is 1. The van der Waals surface area contributed by atoms with Gasteiger partial charge in [-0.05, 0) is 30.3 Å². The van der Waals surface area contributed by atoms with E-state index in [4.69, 9.17) is 16.3 Å². The van der Waals surface area contributed by atoms with Gasteiger partial charge in [-0.3, -0.25) is 0 Å². The Morgan fingerprint density at radius 3 is 2.75 bits per heavy atom. The minimum Gasteiger partial charge on any atom is -0.485 e. The summed E-state index contributed by atoms with van der Waals surface area (Å²) in [7, 11) is 0. The fraction of sp³-hybridized carbons (Fsp3) is 0.200. The summed E-state index contributed by atoms with van der Waals surface area (Å²) >= 11 is 9.10. The van der Waals surface area contributed by atoms with Gasteiger partial charge in [-0.1, -0.05) is 33.6 Å². The molecule has 0 spiro atoms. The molecule has 0 saturated carbocycles. The van der Waals surface area contributed by atoms with E-state index in [0.717, 1.165) is 4.47 Å². The fourth-order valence-corrected chi connectivity index (χ4v) is 2.91. The maximum Gasteiger partial charge on any atom is 0.131 e. The summed E-state index contributed by atoms with van der Waals surface area (Å²) in [6.07, 6.45) is -0.894. The van der Waals surface area contributed by atoms with Crippen molar-refractivity contribution in [2.24, 2.45) is 0 Å². The van der Waals surface area contributed by atoms with Crippen LogP contribution in [0.1, 0.15) is 29.8 Å². The Labute approximate surface area is 129 Å². The molecule has 0 amide bonds. The number of ether oxygens (including phenoxy) is 1. The first-order chi connectivity index (χ1) is 9.54. The number of aliphatic hydroxyl groups excluding tert-OH is 1. The third-order valence-corrected chi connectivity index (χ3v) is 4.08. The Bertz CT molecular complexity index is 662. The second kappa shape index (κ2) is 5.35. The maximum absolute atomic E-state index is 13.9. The SMILES string of the molecule is O[C@H]1CC(c2ccc(Cl)cc2F)Oc2ccc(Br)cc21. The Morgan fingerprint density at radius 1 is 1.20 bits per heavy atom. The zero-order valence-corrected chi connectivity index (χ0v) is 12.7. The molecule has 0 aliphatic carbocycles. The smallest absolute Gasteiger partial charge is 0.131 e. The Kier molecular flexibility index (Phi) is 3.71. The summed E-state index contributed by atoms with van der Waals surface area (Å²) in [6.45, 7) is 0. The van der Waals surface area contributed by atoms with E-state index in [9.17, 15) is 9.50 Å².